The minimum atomic E-state index is 0. The first-order valence-electron chi connectivity index (χ1n) is 7.74. The van der Waals surface area contributed by atoms with Crippen LogP contribution < -0.4 is 5.32 Å². The van der Waals surface area contributed by atoms with E-state index in [1.54, 1.807) is 0 Å². The maximum Gasteiger partial charge on any atom is 0.137 e. The number of pyridine rings is 1. The summed E-state index contributed by atoms with van der Waals surface area (Å²) in [5, 5.41) is 4.00. The number of fused-ring (bicyclic) bond motifs is 1. The Hall–Kier alpha value is -0.810. The molecule has 2 aromatic heterocycles. The maximum absolute atomic E-state index is 6.01. The zero-order chi connectivity index (χ0) is 14.7. The van der Waals surface area contributed by atoms with Crippen molar-refractivity contribution in [3.63, 3.8) is 0 Å². The molecule has 1 aliphatic heterocycles. The highest BCUT2D eigenvalue weighted by Gasteiger charge is 2.19. The van der Waals surface area contributed by atoms with Crippen molar-refractivity contribution in [1.29, 1.82) is 0 Å². The van der Waals surface area contributed by atoms with Crippen LogP contribution in [-0.4, -0.2) is 41.0 Å². The van der Waals surface area contributed by atoms with Crippen LogP contribution in [-0.2, 0) is 6.54 Å². The highest BCUT2D eigenvalue weighted by atomic mass is 35.5. The van der Waals surface area contributed by atoms with Crippen molar-refractivity contribution in [3.8, 4) is 0 Å². The van der Waals surface area contributed by atoms with Gasteiger partial charge in [0.1, 0.15) is 5.65 Å². The second-order valence-corrected chi connectivity index (χ2v) is 6.39. The zero-order valence-corrected chi connectivity index (χ0v) is 14.5. The number of aromatic nitrogens is 2. The lowest BCUT2D eigenvalue weighted by Crippen LogP contribution is -2.34. The van der Waals surface area contributed by atoms with Gasteiger partial charge in [0.2, 0.25) is 0 Å². The Labute approximate surface area is 143 Å². The van der Waals surface area contributed by atoms with Gasteiger partial charge in [0.05, 0.1) is 10.7 Å². The van der Waals surface area contributed by atoms with Gasteiger partial charge in [0.15, 0.2) is 0 Å². The Kier molecular flexibility index (Phi) is 6.50. The Morgan fingerprint density at radius 1 is 1.27 bits per heavy atom. The number of rotatable bonds is 5. The number of likely N-dealkylation sites (tertiary alicyclic amines) is 1. The highest BCUT2D eigenvalue weighted by Crippen LogP contribution is 2.21. The summed E-state index contributed by atoms with van der Waals surface area (Å²) in [4.78, 5) is 7.18. The summed E-state index contributed by atoms with van der Waals surface area (Å²) in [6, 6.07) is 3.86. The molecule has 0 saturated carbocycles. The third kappa shape index (κ3) is 4.35. The molecule has 0 aromatic carbocycles. The minimum Gasteiger partial charge on any atom is -0.320 e. The van der Waals surface area contributed by atoms with E-state index in [9.17, 15) is 0 Å². The van der Waals surface area contributed by atoms with Crippen LogP contribution in [0.2, 0.25) is 5.02 Å². The molecule has 0 bridgehead atoms. The van der Waals surface area contributed by atoms with Crippen molar-refractivity contribution in [2.24, 2.45) is 5.92 Å². The molecule has 0 radical (unpaired) electrons. The fourth-order valence-electron chi connectivity index (χ4n) is 3.10. The van der Waals surface area contributed by atoms with E-state index in [1.165, 1.54) is 32.4 Å². The first kappa shape index (κ1) is 17.5. The monoisotopic (exact) mass is 342 g/mol. The molecule has 6 heteroatoms. The molecule has 0 amide bonds. The fraction of sp³-hybridized carbons (Fsp3) is 0.562. The highest BCUT2D eigenvalue weighted by molar-refractivity contribution is 6.30. The first-order valence-corrected chi connectivity index (χ1v) is 8.12. The van der Waals surface area contributed by atoms with Crippen molar-refractivity contribution in [2.45, 2.75) is 25.8 Å². The quantitative estimate of drug-likeness (QED) is 0.905. The average molecular weight is 343 g/mol. The molecular formula is C16H24Cl2N4. The van der Waals surface area contributed by atoms with Crippen molar-refractivity contribution in [2.75, 3.05) is 26.7 Å². The van der Waals surface area contributed by atoms with E-state index in [2.05, 4.69) is 21.4 Å². The Bertz CT molecular complexity index is 591. The molecule has 0 unspecified atom stereocenters. The van der Waals surface area contributed by atoms with Gasteiger partial charge in [-0.3, -0.25) is 4.90 Å². The molecule has 2 aromatic rings. The number of piperidine rings is 1. The number of hydrogen-bond acceptors (Lipinski definition) is 3. The van der Waals surface area contributed by atoms with Crippen molar-refractivity contribution in [3.05, 3.63) is 35.2 Å². The van der Waals surface area contributed by atoms with Crippen molar-refractivity contribution < 1.29 is 0 Å². The Morgan fingerprint density at radius 3 is 2.77 bits per heavy atom. The van der Waals surface area contributed by atoms with E-state index in [-0.39, 0.29) is 12.4 Å². The minimum absolute atomic E-state index is 0. The van der Waals surface area contributed by atoms with E-state index in [1.807, 2.05) is 29.8 Å². The molecular weight excluding hydrogens is 319 g/mol. The van der Waals surface area contributed by atoms with Gasteiger partial charge in [-0.15, -0.1) is 12.4 Å². The Morgan fingerprint density at radius 2 is 2.05 bits per heavy atom. The summed E-state index contributed by atoms with van der Waals surface area (Å²) in [6.45, 7) is 4.45. The van der Waals surface area contributed by atoms with Crippen LogP contribution in [0.3, 0.4) is 0 Å². The Balaban J connectivity index is 0.00000176. The largest absolute Gasteiger partial charge is 0.320 e. The zero-order valence-electron chi connectivity index (χ0n) is 13.0. The molecule has 0 atom stereocenters. The maximum atomic E-state index is 6.01. The molecule has 1 fully saturated rings. The second kappa shape index (κ2) is 8.16. The first-order chi connectivity index (χ1) is 10.2. The fourth-order valence-corrected chi connectivity index (χ4v) is 3.27. The lowest BCUT2D eigenvalue weighted by Gasteiger charge is -2.31. The van der Waals surface area contributed by atoms with Crippen LogP contribution in [0.25, 0.3) is 5.65 Å². The van der Waals surface area contributed by atoms with Crippen LogP contribution in [0.15, 0.2) is 24.5 Å². The number of nitrogens with zero attached hydrogens (tertiary/aromatic N) is 3. The number of halogens is 2. The van der Waals surface area contributed by atoms with Crippen LogP contribution in [0.5, 0.6) is 0 Å². The molecule has 4 nitrogen and oxygen atoms in total. The summed E-state index contributed by atoms with van der Waals surface area (Å²) in [7, 11) is 2.03. The van der Waals surface area contributed by atoms with E-state index in [0.29, 0.717) is 0 Å². The third-order valence-corrected chi connectivity index (χ3v) is 4.58. The SMILES string of the molecule is CNCCC1CCN(Cc2cn3cc(Cl)ccc3n2)CC1.Cl. The molecule has 3 heterocycles. The summed E-state index contributed by atoms with van der Waals surface area (Å²) in [6.07, 6.45) is 7.92. The molecule has 22 heavy (non-hydrogen) atoms. The molecule has 1 saturated heterocycles. The van der Waals surface area contributed by atoms with Gasteiger partial charge in [-0.1, -0.05) is 11.6 Å². The van der Waals surface area contributed by atoms with Gasteiger partial charge in [0.25, 0.3) is 0 Å². The number of hydrogen-bond donors (Lipinski definition) is 1. The van der Waals surface area contributed by atoms with Gasteiger partial charge in [-0.2, -0.15) is 0 Å². The van der Waals surface area contributed by atoms with E-state index in [0.717, 1.165) is 35.4 Å². The topological polar surface area (TPSA) is 32.6 Å². The predicted molar refractivity (Wildman–Crippen MR) is 94.0 cm³/mol. The predicted octanol–water partition coefficient (Wildman–Crippen LogP) is 3.23. The van der Waals surface area contributed by atoms with Crippen molar-refractivity contribution >= 4 is 29.7 Å². The van der Waals surface area contributed by atoms with Crippen LogP contribution in [0, 0.1) is 5.92 Å². The van der Waals surface area contributed by atoms with Gasteiger partial charge in [-0.25, -0.2) is 4.98 Å². The standard InChI is InChI=1S/C16H23ClN4.ClH/c1-18-7-4-13-5-8-20(9-6-13)11-15-12-21-10-14(17)2-3-16(21)19-15;/h2-3,10,12-13,18H,4-9,11H2,1H3;1H. The molecule has 0 spiro atoms. The number of imidazole rings is 1. The summed E-state index contributed by atoms with van der Waals surface area (Å²) in [5.74, 6) is 0.883. The smallest absolute Gasteiger partial charge is 0.137 e. The van der Waals surface area contributed by atoms with E-state index < -0.39 is 0 Å². The van der Waals surface area contributed by atoms with E-state index >= 15 is 0 Å². The molecule has 122 valence electrons. The molecule has 1 aliphatic rings. The van der Waals surface area contributed by atoms with E-state index in [4.69, 9.17) is 11.6 Å². The molecule has 1 N–H and O–H groups in total. The van der Waals surface area contributed by atoms with Crippen LogP contribution >= 0.6 is 24.0 Å². The lowest BCUT2D eigenvalue weighted by atomic mass is 9.93. The summed E-state index contributed by atoms with van der Waals surface area (Å²) >= 11 is 6.01. The number of nitrogens with one attached hydrogen (secondary N) is 1. The molecule has 3 rings (SSSR count). The van der Waals surface area contributed by atoms with Gasteiger partial charge in [0, 0.05) is 18.9 Å². The van der Waals surface area contributed by atoms with Crippen molar-refractivity contribution in [1.82, 2.24) is 19.6 Å². The van der Waals surface area contributed by atoms with Crippen LogP contribution in [0.1, 0.15) is 25.0 Å². The van der Waals surface area contributed by atoms with Gasteiger partial charge < -0.3 is 9.72 Å². The lowest BCUT2D eigenvalue weighted by molar-refractivity contribution is 0.171. The summed E-state index contributed by atoms with van der Waals surface area (Å²) < 4.78 is 2.01. The second-order valence-electron chi connectivity index (χ2n) is 5.96. The van der Waals surface area contributed by atoms with Gasteiger partial charge in [-0.05, 0) is 64.0 Å². The van der Waals surface area contributed by atoms with Gasteiger partial charge >= 0.3 is 0 Å². The molecule has 0 aliphatic carbocycles. The van der Waals surface area contributed by atoms with Crippen LogP contribution in [0.4, 0.5) is 0 Å². The third-order valence-electron chi connectivity index (χ3n) is 4.36. The average Bonchev–Trinajstić information content (AvgIpc) is 2.88. The normalized spacial score (nSPS) is 16.8. The summed E-state index contributed by atoms with van der Waals surface area (Å²) in [5.41, 5.74) is 2.10.